The second kappa shape index (κ2) is 7.85. The van der Waals surface area contributed by atoms with Crippen LogP contribution in [0.5, 0.6) is 11.5 Å². The Labute approximate surface area is 180 Å². The van der Waals surface area contributed by atoms with Crippen LogP contribution in [0.3, 0.4) is 0 Å². The standard InChI is InChI=1S/C22H18F3N3O4/c23-22(24,25)16-5-1-3-14(9-16)21(29)28-8-2-4-15(11-28)20-27-26-19(32-20)13-6-7-17-18(10-13)31-12-30-17/h1,3,5-7,9-10,15H,2,4,8,11-12H2. The lowest BCUT2D eigenvalue weighted by atomic mass is 9.97. The summed E-state index contributed by atoms with van der Waals surface area (Å²) in [5.74, 6) is 1.30. The van der Waals surface area contributed by atoms with Gasteiger partial charge in [0.05, 0.1) is 11.5 Å². The number of aromatic nitrogens is 2. The SMILES string of the molecule is O=C(c1cccc(C(F)(F)F)c1)N1CCCC(c2nnc(-c3ccc4c(c3)OCO4)o2)C1. The highest BCUT2D eigenvalue weighted by Gasteiger charge is 2.33. The summed E-state index contributed by atoms with van der Waals surface area (Å²) in [6.07, 6.45) is -3.10. The van der Waals surface area contributed by atoms with Crippen LogP contribution in [0.2, 0.25) is 0 Å². The van der Waals surface area contributed by atoms with Crippen molar-refractivity contribution in [3.63, 3.8) is 0 Å². The van der Waals surface area contributed by atoms with Gasteiger partial charge in [-0.3, -0.25) is 4.79 Å². The third kappa shape index (κ3) is 3.88. The Morgan fingerprint density at radius 1 is 1.06 bits per heavy atom. The molecule has 32 heavy (non-hydrogen) atoms. The molecule has 2 aromatic carbocycles. The summed E-state index contributed by atoms with van der Waals surface area (Å²) in [6.45, 7) is 0.901. The molecule has 3 aromatic rings. The number of carbonyl (C=O) groups is 1. The van der Waals surface area contributed by atoms with Gasteiger partial charge in [-0.1, -0.05) is 6.07 Å². The highest BCUT2D eigenvalue weighted by atomic mass is 19.4. The quantitative estimate of drug-likeness (QED) is 0.591. The minimum atomic E-state index is -4.50. The van der Waals surface area contributed by atoms with Crippen molar-refractivity contribution < 1.29 is 31.9 Å². The fourth-order valence-electron chi connectivity index (χ4n) is 3.92. The van der Waals surface area contributed by atoms with Crippen molar-refractivity contribution in [1.29, 1.82) is 0 Å². The average Bonchev–Trinajstić information content (AvgIpc) is 3.47. The van der Waals surface area contributed by atoms with E-state index in [1.54, 1.807) is 18.2 Å². The van der Waals surface area contributed by atoms with Crippen LogP contribution < -0.4 is 9.47 Å². The molecule has 0 spiro atoms. The van der Waals surface area contributed by atoms with Gasteiger partial charge in [0.1, 0.15) is 0 Å². The second-order valence-corrected chi connectivity index (χ2v) is 7.68. The van der Waals surface area contributed by atoms with E-state index in [0.29, 0.717) is 41.8 Å². The molecular weight excluding hydrogens is 427 g/mol. The lowest BCUT2D eigenvalue weighted by Crippen LogP contribution is -2.39. The molecule has 0 bridgehead atoms. The number of amides is 1. The van der Waals surface area contributed by atoms with Gasteiger partial charge in [-0.2, -0.15) is 13.2 Å². The molecule has 1 atom stereocenters. The number of fused-ring (bicyclic) bond motifs is 1. The first-order chi connectivity index (χ1) is 15.4. The summed E-state index contributed by atoms with van der Waals surface area (Å²) < 4.78 is 55.5. The van der Waals surface area contributed by atoms with Crippen LogP contribution in [0.25, 0.3) is 11.5 Å². The number of rotatable bonds is 3. The zero-order valence-electron chi connectivity index (χ0n) is 16.8. The smallest absolute Gasteiger partial charge is 0.416 e. The molecule has 1 aromatic heterocycles. The minimum Gasteiger partial charge on any atom is -0.454 e. The maximum Gasteiger partial charge on any atom is 0.416 e. The van der Waals surface area contributed by atoms with Gasteiger partial charge in [0, 0.05) is 24.2 Å². The van der Waals surface area contributed by atoms with E-state index in [-0.39, 0.29) is 24.8 Å². The summed E-state index contributed by atoms with van der Waals surface area (Å²) >= 11 is 0. The van der Waals surface area contributed by atoms with E-state index >= 15 is 0 Å². The topological polar surface area (TPSA) is 77.7 Å². The Morgan fingerprint density at radius 3 is 2.75 bits per heavy atom. The van der Waals surface area contributed by atoms with Crippen molar-refractivity contribution in [2.45, 2.75) is 24.9 Å². The van der Waals surface area contributed by atoms with Crippen LogP contribution in [0, 0.1) is 0 Å². The van der Waals surface area contributed by atoms with Crippen LogP contribution in [0.15, 0.2) is 46.9 Å². The van der Waals surface area contributed by atoms with Gasteiger partial charge in [-0.25, -0.2) is 0 Å². The van der Waals surface area contributed by atoms with Crippen molar-refractivity contribution in [2.75, 3.05) is 19.9 Å². The number of halogens is 3. The maximum absolute atomic E-state index is 13.0. The zero-order chi connectivity index (χ0) is 22.3. The van der Waals surface area contributed by atoms with E-state index < -0.39 is 17.6 Å². The number of nitrogens with zero attached hydrogens (tertiary/aromatic N) is 3. The molecule has 10 heteroatoms. The fourth-order valence-corrected chi connectivity index (χ4v) is 3.92. The highest BCUT2D eigenvalue weighted by molar-refractivity contribution is 5.94. The van der Waals surface area contributed by atoms with E-state index in [1.165, 1.54) is 17.0 Å². The maximum atomic E-state index is 13.0. The second-order valence-electron chi connectivity index (χ2n) is 7.68. The van der Waals surface area contributed by atoms with Gasteiger partial charge in [0.25, 0.3) is 5.91 Å². The van der Waals surface area contributed by atoms with Crippen molar-refractivity contribution in [1.82, 2.24) is 15.1 Å². The highest BCUT2D eigenvalue weighted by Crippen LogP contribution is 2.36. The Bertz CT molecular complexity index is 1160. The lowest BCUT2D eigenvalue weighted by molar-refractivity contribution is -0.137. The summed E-state index contributed by atoms with van der Waals surface area (Å²) in [7, 11) is 0. The van der Waals surface area contributed by atoms with E-state index in [4.69, 9.17) is 13.9 Å². The molecule has 0 radical (unpaired) electrons. The van der Waals surface area contributed by atoms with E-state index in [2.05, 4.69) is 10.2 Å². The molecule has 1 saturated heterocycles. The normalized spacial score (nSPS) is 18.1. The molecule has 2 aliphatic heterocycles. The number of hydrogen-bond acceptors (Lipinski definition) is 6. The first kappa shape index (κ1) is 20.3. The average molecular weight is 445 g/mol. The first-order valence-electron chi connectivity index (χ1n) is 10.1. The van der Waals surface area contributed by atoms with Crippen LogP contribution in [0.1, 0.15) is 40.6 Å². The third-order valence-electron chi connectivity index (χ3n) is 5.55. The summed E-state index contributed by atoms with van der Waals surface area (Å²) in [5, 5.41) is 8.26. The number of benzene rings is 2. The van der Waals surface area contributed by atoms with E-state index in [0.717, 1.165) is 18.6 Å². The largest absolute Gasteiger partial charge is 0.454 e. The van der Waals surface area contributed by atoms with Crippen LogP contribution in [-0.4, -0.2) is 40.9 Å². The van der Waals surface area contributed by atoms with E-state index in [1.807, 2.05) is 0 Å². The van der Waals surface area contributed by atoms with Gasteiger partial charge in [0.15, 0.2) is 11.5 Å². The monoisotopic (exact) mass is 445 g/mol. The summed E-state index contributed by atoms with van der Waals surface area (Å²) in [6, 6.07) is 9.78. The molecule has 7 nitrogen and oxygen atoms in total. The minimum absolute atomic E-state index is 0.00653. The van der Waals surface area contributed by atoms with Gasteiger partial charge in [-0.15, -0.1) is 10.2 Å². The van der Waals surface area contributed by atoms with Crippen molar-refractivity contribution >= 4 is 5.91 Å². The number of alkyl halides is 3. The molecular formula is C22H18F3N3O4. The number of carbonyl (C=O) groups excluding carboxylic acids is 1. The number of likely N-dealkylation sites (tertiary alicyclic amines) is 1. The van der Waals surface area contributed by atoms with E-state index in [9.17, 15) is 18.0 Å². The molecule has 166 valence electrons. The third-order valence-corrected chi connectivity index (χ3v) is 5.55. The summed E-state index contributed by atoms with van der Waals surface area (Å²) in [4.78, 5) is 14.4. The molecule has 2 aliphatic rings. The first-order valence-corrected chi connectivity index (χ1v) is 10.1. The van der Waals surface area contributed by atoms with Gasteiger partial charge < -0.3 is 18.8 Å². The van der Waals surface area contributed by atoms with Crippen LogP contribution >= 0.6 is 0 Å². The fraction of sp³-hybridized carbons (Fsp3) is 0.318. The Balaban J connectivity index is 1.32. The molecule has 0 saturated carbocycles. The molecule has 1 amide bonds. The summed E-state index contributed by atoms with van der Waals surface area (Å²) in [5.41, 5.74) is -0.157. The molecule has 1 fully saturated rings. The van der Waals surface area contributed by atoms with Crippen molar-refractivity contribution in [3.05, 3.63) is 59.5 Å². The van der Waals surface area contributed by atoms with Crippen LogP contribution in [0.4, 0.5) is 13.2 Å². The molecule has 1 unspecified atom stereocenters. The zero-order valence-corrected chi connectivity index (χ0v) is 16.8. The molecule has 0 aliphatic carbocycles. The molecule has 5 rings (SSSR count). The number of piperidine rings is 1. The predicted octanol–water partition coefficient (Wildman–Crippen LogP) is 4.50. The van der Waals surface area contributed by atoms with Crippen molar-refractivity contribution in [3.8, 4) is 23.0 Å². The molecule has 0 N–H and O–H groups in total. The van der Waals surface area contributed by atoms with Gasteiger partial charge >= 0.3 is 6.18 Å². The Kier molecular flexibility index (Phi) is 4.99. The van der Waals surface area contributed by atoms with Gasteiger partial charge in [0.2, 0.25) is 18.6 Å². The Morgan fingerprint density at radius 2 is 1.91 bits per heavy atom. The van der Waals surface area contributed by atoms with Crippen LogP contribution in [-0.2, 0) is 6.18 Å². The lowest BCUT2D eigenvalue weighted by Gasteiger charge is -2.31. The van der Waals surface area contributed by atoms with Gasteiger partial charge in [-0.05, 0) is 49.2 Å². The molecule has 3 heterocycles. The Hall–Kier alpha value is -3.56. The predicted molar refractivity (Wildman–Crippen MR) is 105 cm³/mol. The van der Waals surface area contributed by atoms with Crippen molar-refractivity contribution in [2.24, 2.45) is 0 Å². The number of hydrogen-bond donors (Lipinski definition) is 0. The number of ether oxygens (including phenoxy) is 2.